The molecule has 1 aromatic heterocycles. The van der Waals surface area contributed by atoms with Gasteiger partial charge < -0.3 is 14.8 Å². The minimum absolute atomic E-state index is 0.0586. The van der Waals surface area contributed by atoms with Crippen LogP contribution in [0.3, 0.4) is 0 Å². The number of fused-ring (bicyclic) bond motifs is 1. The van der Waals surface area contributed by atoms with E-state index in [0.29, 0.717) is 17.6 Å². The van der Waals surface area contributed by atoms with Gasteiger partial charge in [0.25, 0.3) is 0 Å². The van der Waals surface area contributed by atoms with Gasteiger partial charge >= 0.3 is 0 Å². The second-order valence-electron chi connectivity index (χ2n) is 7.03. The van der Waals surface area contributed by atoms with Crippen molar-refractivity contribution in [3.05, 3.63) is 59.9 Å². The fourth-order valence-corrected chi connectivity index (χ4v) is 3.82. The zero-order valence-corrected chi connectivity index (χ0v) is 16.5. The van der Waals surface area contributed by atoms with Crippen molar-refractivity contribution in [1.82, 2.24) is 20.1 Å². The number of carbonyl (C=O) groups excluding carboxylic acids is 1. The van der Waals surface area contributed by atoms with Crippen molar-refractivity contribution in [2.45, 2.75) is 30.5 Å². The van der Waals surface area contributed by atoms with Crippen molar-refractivity contribution in [3.8, 4) is 17.2 Å². The number of benzene rings is 2. The van der Waals surface area contributed by atoms with E-state index in [1.54, 1.807) is 0 Å². The molecule has 1 aliphatic heterocycles. The lowest BCUT2D eigenvalue weighted by Gasteiger charge is -2.05. The number of thioether (sulfide) groups is 1. The van der Waals surface area contributed by atoms with Gasteiger partial charge in [0, 0.05) is 12.5 Å². The van der Waals surface area contributed by atoms with Gasteiger partial charge in [-0.1, -0.05) is 36.0 Å². The Kier molecular flexibility index (Phi) is 4.85. The number of nitrogens with zero attached hydrogens (tertiary/aromatic N) is 3. The van der Waals surface area contributed by atoms with E-state index in [0.717, 1.165) is 41.4 Å². The Labute approximate surface area is 172 Å². The van der Waals surface area contributed by atoms with Crippen LogP contribution in [0.1, 0.15) is 30.1 Å². The lowest BCUT2D eigenvalue weighted by Crippen LogP contribution is -2.24. The van der Waals surface area contributed by atoms with E-state index in [4.69, 9.17) is 9.47 Å². The van der Waals surface area contributed by atoms with Crippen LogP contribution in [0.15, 0.2) is 53.7 Å². The zero-order chi connectivity index (χ0) is 19.6. The number of carbonyl (C=O) groups is 1. The molecule has 0 atom stereocenters. The Morgan fingerprint density at radius 2 is 1.97 bits per heavy atom. The Balaban J connectivity index is 1.19. The Hall–Kier alpha value is -3.00. The highest BCUT2D eigenvalue weighted by molar-refractivity contribution is 7.99. The van der Waals surface area contributed by atoms with E-state index >= 15 is 0 Å². The van der Waals surface area contributed by atoms with Crippen molar-refractivity contribution in [1.29, 1.82) is 0 Å². The fraction of sp³-hybridized carbons (Fsp3) is 0.286. The van der Waals surface area contributed by atoms with E-state index in [9.17, 15) is 4.79 Å². The molecule has 0 saturated heterocycles. The van der Waals surface area contributed by atoms with Crippen LogP contribution in [0.2, 0.25) is 0 Å². The first-order valence-corrected chi connectivity index (χ1v) is 10.6. The van der Waals surface area contributed by atoms with E-state index in [1.807, 2.05) is 53.2 Å². The van der Waals surface area contributed by atoms with Gasteiger partial charge in [-0.15, -0.1) is 5.10 Å². The van der Waals surface area contributed by atoms with Crippen LogP contribution < -0.4 is 14.8 Å². The largest absolute Gasteiger partial charge is 0.454 e. The van der Waals surface area contributed by atoms with Crippen LogP contribution >= 0.6 is 11.8 Å². The Morgan fingerprint density at radius 1 is 1.14 bits per heavy atom. The number of hydrogen-bond acceptors (Lipinski definition) is 6. The predicted molar refractivity (Wildman–Crippen MR) is 108 cm³/mol. The van der Waals surface area contributed by atoms with Crippen molar-refractivity contribution >= 4 is 17.7 Å². The SMILES string of the molecule is O=C(CSc1nc(C2CC2)n(-c2ccccc2)n1)NCc1ccc2c(c1)OCO2. The maximum atomic E-state index is 12.3. The molecule has 1 saturated carbocycles. The van der Waals surface area contributed by atoms with Gasteiger partial charge in [0.15, 0.2) is 11.5 Å². The summed E-state index contributed by atoms with van der Waals surface area (Å²) in [5.41, 5.74) is 1.97. The van der Waals surface area contributed by atoms with Crippen molar-refractivity contribution in [2.24, 2.45) is 0 Å². The maximum absolute atomic E-state index is 12.3. The van der Waals surface area contributed by atoms with E-state index in [1.165, 1.54) is 11.8 Å². The molecule has 0 bridgehead atoms. The highest BCUT2D eigenvalue weighted by atomic mass is 32.2. The predicted octanol–water partition coefficient (Wildman–Crippen LogP) is 3.28. The molecule has 0 radical (unpaired) electrons. The van der Waals surface area contributed by atoms with Crippen LogP contribution in [0, 0.1) is 0 Å². The molecule has 1 fully saturated rings. The number of rotatable bonds is 7. The Bertz CT molecular complexity index is 1030. The Morgan fingerprint density at radius 3 is 2.79 bits per heavy atom. The molecular weight excluding hydrogens is 388 g/mol. The van der Waals surface area contributed by atoms with E-state index < -0.39 is 0 Å². The average molecular weight is 408 g/mol. The first-order chi connectivity index (χ1) is 14.3. The summed E-state index contributed by atoms with van der Waals surface area (Å²) in [7, 11) is 0. The van der Waals surface area contributed by atoms with Gasteiger partial charge in [0.05, 0.1) is 11.4 Å². The summed E-state index contributed by atoms with van der Waals surface area (Å²) in [4.78, 5) is 17.0. The highest BCUT2D eigenvalue weighted by Crippen LogP contribution is 2.40. The molecule has 5 rings (SSSR count). The molecular formula is C21H20N4O3S. The van der Waals surface area contributed by atoms with Crippen LogP contribution in [0.5, 0.6) is 11.5 Å². The van der Waals surface area contributed by atoms with Gasteiger partial charge in [-0.05, 0) is 42.7 Å². The zero-order valence-electron chi connectivity index (χ0n) is 15.7. The number of hydrogen-bond donors (Lipinski definition) is 1. The molecule has 1 N–H and O–H groups in total. The molecule has 8 heteroatoms. The van der Waals surface area contributed by atoms with Gasteiger partial charge in [-0.25, -0.2) is 9.67 Å². The van der Waals surface area contributed by atoms with Crippen molar-refractivity contribution < 1.29 is 14.3 Å². The first kappa shape index (κ1) is 18.1. The molecule has 29 heavy (non-hydrogen) atoms. The minimum Gasteiger partial charge on any atom is -0.454 e. The van der Waals surface area contributed by atoms with Crippen LogP contribution in [0.25, 0.3) is 5.69 Å². The molecule has 2 heterocycles. The molecule has 2 aromatic carbocycles. The second-order valence-corrected chi connectivity index (χ2v) is 7.97. The third-order valence-electron chi connectivity index (χ3n) is 4.82. The summed E-state index contributed by atoms with van der Waals surface area (Å²) < 4.78 is 12.6. The first-order valence-electron chi connectivity index (χ1n) is 9.57. The molecule has 2 aliphatic rings. The van der Waals surface area contributed by atoms with Crippen LogP contribution in [-0.2, 0) is 11.3 Å². The number of aromatic nitrogens is 3. The third-order valence-corrected chi connectivity index (χ3v) is 5.65. The summed E-state index contributed by atoms with van der Waals surface area (Å²) in [6, 6.07) is 15.7. The van der Waals surface area contributed by atoms with Gasteiger partial charge in [0.2, 0.25) is 17.9 Å². The number of amides is 1. The molecule has 0 unspecified atom stereocenters. The summed E-state index contributed by atoms with van der Waals surface area (Å²) in [6.45, 7) is 0.683. The molecule has 0 spiro atoms. The van der Waals surface area contributed by atoms with Crippen LogP contribution in [0.4, 0.5) is 0 Å². The van der Waals surface area contributed by atoms with Gasteiger partial charge in [-0.2, -0.15) is 0 Å². The molecule has 1 aliphatic carbocycles. The minimum atomic E-state index is -0.0586. The maximum Gasteiger partial charge on any atom is 0.231 e. The summed E-state index contributed by atoms with van der Waals surface area (Å²) in [6.07, 6.45) is 2.29. The third kappa shape index (κ3) is 4.07. The second kappa shape index (κ2) is 7.79. The number of para-hydroxylation sites is 1. The lowest BCUT2D eigenvalue weighted by molar-refractivity contribution is -0.118. The molecule has 148 valence electrons. The summed E-state index contributed by atoms with van der Waals surface area (Å²) in [5.74, 6) is 3.12. The number of ether oxygens (including phenoxy) is 2. The average Bonchev–Trinajstić information content (AvgIpc) is 3.34. The number of nitrogens with one attached hydrogen (secondary N) is 1. The molecule has 7 nitrogen and oxygen atoms in total. The van der Waals surface area contributed by atoms with Gasteiger partial charge in [-0.3, -0.25) is 4.79 Å². The highest BCUT2D eigenvalue weighted by Gasteiger charge is 2.30. The van der Waals surface area contributed by atoms with E-state index in [2.05, 4.69) is 15.4 Å². The summed E-state index contributed by atoms with van der Waals surface area (Å²) in [5, 5.41) is 8.19. The van der Waals surface area contributed by atoms with Crippen LogP contribution in [-0.4, -0.2) is 33.2 Å². The van der Waals surface area contributed by atoms with Crippen molar-refractivity contribution in [2.75, 3.05) is 12.5 Å². The fourth-order valence-electron chi connectivity index (χ4n) is 3.16. The normalized spacial score (nSPS) is 14.8. The molecule has 3 aromatic rings. The topological polar surface area (TPSA) is 78.3 Å². The lowest BCUT2D eigenvalue weighted by atomic mass is 10.2. The molecule has 1 amide bonds. The summed E-state index contributed by atoms with van der Waals surface area (Å²) >= 11 is 1.36. The van der Waals surface area contributed by atoms with Crippen molar-refractivity contribution in [3.63, 3.8) is 0 Å². The quantitative estimate of drug-likeness (QED) is 0.605. The monoisotopic (exact) mass is 408 g/mol. The standard InChI is InChI=1S/C21H20N4O3S/c26-19(22-11-14-6-9-17-18(10-14)28-13-27-17)12-29-21-23-20(15-7-8-15)25(24-21)16-4-2-1-3-5-16/h1-6,9-10,15H,7-8,11-13H2,(H,22,26). The van der Waals surface area contributed by atoms with E-state index in [-0.39, 0.29) is 18.5 Å². The van der Waals surface area contributed by atoms with Gasteiger partial charge in [0.1, 0.15) is 5.82 Å². The smallest absolute Gasteiger partial charge is 0.231 e.